The molecule has 1 aliphatic heterocycles. The van der Waals surface area contributed by atoms with Crippen molar-refractivity contribution >= 4 is 5.91 Å². The molecule has 0 aromatic carbocycles. The summed E-state index contributed by atoms with van der Waals surface area (Å²) in [4.78, 5) is 16.9. The summed E-state index contributed by atoms with van der Waals surface area (Å²) in [5, 5.41) is 0. The smallest absolute Gasteiger partial charge is 0.223 e. The highest BCUT2D eigenvalue weighted by Crippen LogP contribution is 2.38. The quantitative estimate of drug-likeness (QED) is 0.842. The third kappa shape index (κ3) is 3.48. The fourth-order valence-corrected chi connectivity index (χ4v) is 3.46. The molecule has 110 valence electrons. The Morgan fingerprint density at radius 2 is 1.95 bits per heavy atom. The van der Waals surface area contributed by atoms with E-state index in [9.17, 15) is 4.79 Å². The van der Waals surface area contributed by atoms with E-state index in [2.05, 4.69) is 23.8 Å². The fourth-order valence-electron chi connectivity index (χ4n) is 3.46. The number of carbonyl (C=O) groups is 1. The maximum atomic E-state index is 12.5. The second-order valence-corrected chi connectivity index (χ2v) is 6.61. The van der Waals surface area contributed by atoms with E-state index in [4.69, 9.17) is 5.73 Å². The molecule has 1 amide bonds. The van der Waals surface area contributed by atoms with Gasteiger partial charge in [0.1, 0.15) is 0 Å². The molecule has 0 aromatic rings. The number of nitrogens with two attached hydrogens (primary N) is 1. The van der Waals surface area contributed by atoms with Crippen molar-refractivity contribution in [3.05, 3.63) is 0 Å². The minimum atomic E-state index is 0.0991. The monoisotopic (exact) mass is 267 g/mol. The number of nitrogens with zero attached hydrogens (tertiary/aromatic N) is 2. The maximum absolute atomic E-state index is 12.5. The number of amides is 1. The Morgan fingerprint density at radius 1 is 1.26 bits per heavy atom. The third-order valence-electron chi connectivity index (χ3n) is 5.19. The molecule has 4 heteroatoms. The molecule has 0 bridgehead atoms. The van der Waals surface area contributed by atoms with Crippen LogP contribution in [0.4, 0.5) is 0 Å². The zero-order valence-electron chi connectivity index (χ0n) is 12.5. The lowest BCUT2D eigenvalue weighted by Gasteiger charge is -2.41. The molecular weight excluding hydrogens is 238 g/mol. The largest absolute Gasteiger partial charge is 0.340 e. The molecule has 1 aliphatic carbocycles. The highest BCUT2D eigenvalue weighted by Gasteiger charge is 2.35. The Hall–Kier alpha value is -0.610. The predicted molar refractivity (Wildman–Crippen MR) is 77.9 cm³/mol. The Labute approximate surface area is 117 Å². The van der Waals surface area contributed by atoms with Gasteiger partial charge in [-0.15, -0.1) is 0 Å². The molecule has 1 atom stereocenters. The van der Waals surface area contributed by atoms with Gasteiger partial charge in [0.05, 0.1) is 0 Å². The summed E-state index contributed by atoms with van der Waals surface area (Å²) in [5.74, 6) is 0.326. The standard InChI is InChI=1S/C15H29N3O/c1-13-11-18(9-8-17(13)2)14(19)10-15(12-16)6-4-3-5-7-15/h13H,3-12,16H2,1-2H3. The third-order valence-corrected chi connectivity index (χ3v) is 5.19. The van der Waals surface area contributed by atoms with Crippen LogP contribution in [0, 0.1) is 5.41 Å². The van der Waals surface area contributed by atoms with Gasteiger partial charge in [-0.2, -0.15) is 0 Å². The van der Waals surface area contributed by atoms with Crippen LogP contribution < -0.4 is 5.73 Å². The normalized spacial score (nSPS) is 28.4. The molecule has 1 saturated heterocycles. The number of piperazine rings is 1. The van der Waals surface area contributed by atoms with Gasteiger partial charge in [0.2, 0.25) is 5.91 Å². The number of hydrogen-bond acceptors (Lipinski definition) is 3. The topological polar surface area (TPSA) is 49.6 Å². The van der Waals surface area contributed by atoms with Crippen LogP contribution in [0.1, 0.15) is 45.4 Å². The van der Waals surface area contributed by atoms with Crippen molar-refractivity contribution in [2.45, 2.75) is 51.5 Å². The average molecular weight is 267 g/mol. The molecule has 1 heterocycles. The Kier molecular flexibility index (Phi) is 4.85. The van der Waals surface area contributed by atoms with E-state index in [0.717, 1.165) is 32.5 Å². The number of likely N-dealkylation sites (N-methyl/N-ethyl adjacent to an activating group) is 1. The van der Waals surface area contributed by atoms with E-state index >= 15 is 0 Å². The highest BCUT2D eigenvalue weighted by molar-refractivity contribution is 5.77. The maximum Gasteiger partial charge on any atom is 0.223 e. The average Bonchev–Trinajstić information content (AvgIpc) is 2.43. The summed E-state index contributed by atoms with van der Waals surface area (Å²) >= 11 is 0. The first-order valence-corrected chi connectivity index (χ1v) is 7.74. The minimum Gasteiger partial charge on any atom is -0.340 e. The van der Waals surface area contributed by atoms with Gasteiger partial charge < -0.3 is 15.5 Å². The van der Waals surface area contributed by atoms with Crippen molar-refractivity contribution in [2.75, 3.05) is 33.2 Å². The molecule has 19 heavy (non-hydrogen) atoms. The molecular formula is C15H29N3O. The van der Waals surface area contributed by atoms with Crippen LogP contribution in [0.15, 0.2) is 0 Å². The van der Waals surface area contributed by atoms with E-state index in [1.165, 1.54) is 19.3 Å². The Bertz CT molecular complexity index is 313. The Balaban J connectivity index is 1.92. The van der Waals surface area contributed by atoms with Gasteiger partial charge in [0.25, 0.3) is 0 Å². The summed E-state index contributed by atoms with van der Waals surface area (Å²) in [6.45, 7) is 5.60. The van der Waals surface area contributed by atoms with E-state index in [-0.39, 0.29) is 5.41 Å². The highest BCUT2D eigenvalue weighted by atomic mass is 16.2. The Morgan fingerprint density at radius 3 is 2.53 bits per heavy atom. The summed E-state index contributed by atoms with van der Waals surface area (Å²) in [7, 11) is 2.13. The SMILES string of the molecule is CC1CN(C(=O)CC2(CN)CCCCC2)CCN1C. The fraction of sp³-hybridized carbons (Fsp3) is 0.933. The molecule has 2 rings (SSSR count). The van der Waals surface area contributed by atoms with Crippen LogP contribution in [0.25, 0.3) is 0 Å². The van der Waals surface area contributed by atoms with Crippen LogP contribution in [0.5, 0.6) is 0 Å². The first-order chi connectivity index (χ1) is 9.06. The van der Waals surface area contributed by atoms with Crippen molar-refractivity contribution in [3.63, 3.8) is 0 Å². The first kappa shape index (κ1) is 14.8. The summed E-state index contributed by atoms with van der Waals surface area (Å²) < 4.78 is 0. The van der Waals surface area contributed by atoms with Gasteiger partial charge in [0, 0.05) is 32.1 Å². The second-order valence-electron chi connectivity index (χ2n) is 6.61. The zero-order valence-corrected chi connectivity index (χ0v) is 12.5. The van der Waals surface area contributed by atoms with Crippen molar-refractivity contribution in [1.82, 2.24) is 9.80 Å². The van der Waals surface area contributed by atoms with E-state index in [1.54, 1.807) is 0 Å². The van der Waals surface area contributed by atoms with Crippen molar-refractivity contribution in [3.8, 4) is 0 Å². The summed E-state index contributed by atoms with van der Waals surface area (Å²) in [5.41, 5.74) is 6.09. The van der Waals surface area contributed by atoms with Gasteiger partial charge in [-0.25, -0.2) is 0 Å². The molecule has 0 spiro atoms. The first-order valence-electron chi connectivity index (χ1n) is 7.74. The van der Waals surface area contributed by atoms with Crippen LogP contribution in [0.2, 0.25) is 0 Å². The molecule has 0 radical (unpaired) electrons. The summed E-state index contributed by atoms with van der Waals surface area (Å²) in [6, 6.07) is 0.470. The summed E-state index contributed by atoms with van der Waals surface area (Å²) in [6.07, 6.45) is 6.73. The number of rotatable bonds is 3. The zero-order chi connectivity index (χ0) is 13.9. The van der Waals surface area contributed by atoms with Crippen LogP contribution >= 0.6 is 0 Å². The van der Waals surface area contributed by atoms with Crippen molar-refractivity contribution in [2.24, 2.45) is 11.1 Å². The lowest BCUT2D eigenvalue weighted by atomic mass is 9.71. The van der Waals surface area contributed by atoms with Crippen LogP contribution in [-0.4, -0.2) is 55.0 Å². The number of hydrogen-bond donors (Lipinski definition) is 1. The van der Waals surface area contributed by atoms with E-state index < -0.39 is 0 Å². The molecule has 2 fully saturated rings. The minimum absolute atomic E-state index is 0.0991. The predicted octanol–water partition coefficient (Wildman–Crippen LogP) is 1.45. The molecule has 2 aliphatic rings. The van der Waals surface area contributed by atoms with Crippen molar-refractivity contribution < 1.29 is 4.79 Å². The van der Waals surface area contributed by atoms with Gasteiger partial charge in [-0.1, -0.05) is 19.3 Å². The number of carbonyl (C=O) groups excluding carboxylic acids is 1. The molecule has 1 saturated carbocycles. The van der Waals surface area contributed by atoms with Crippen molar-refractivity contribution in [1.29, 1.82) is 0 Å². The van der Waals surface area contributed by atoms with Gasteiger partial charge in [0.15, 0.2) is 0 Å². The second kappa shape index (κ2) is 6.23. The lowest BCUT2D eigenvalue weighted by molar-refractivity contribution is -0.136. The van der Waals surface area contributed by atoms with Crippen LogP contribution in [0.3, 0.4) is 0 Å². The molecule has 0 aromatic heterocycles. The van der Waals surface area contributed by atoms with Gasteiger partial charge >= 0.3 is 0 Å². The van der Waals surface area contributed by atoms with Gasteiger partial charge in [-0.3, -0.25) is 4.79 Å². The van der Waals surface area contributed by atoms with Crippen LogP contribution in [-0.2, 0) is 4.79 Å². The molecule has 2 N–H and O–H groups in total. The molecule has 4 nitrogen and oxygen atoms in total. The van der Waals surface area contributed by atoms with E-state index in [0.29, 0.717) is 24.9 Å². The lowest BCUT2D eigenvalue weighted by Crippen LogP contribution is -2.53. The van der Waals surface area contributed by atoms with E-state index in [1.807, 2.05) is 0 Å². The van der Waals surface area contributed by atoms with Gasteiger partial charge in [-0.05, 0) is 38.8 Å². The molecule has 1 unspecified atom stereocenters.